The molecule has 5 nitrogen and oxygen atoms in total. The maximum atomic E-state index is 12.7. The monoisotopic (exact) mass is 378 g/mol. The predicted octanol–water partition coefficient (Wildman–Crippen LogP) is 4.39. The Morgan fingerprint density at radius 2 is 1.82 bits per heavy atom. The van der Waals surface area contributed by atoms with Crippen molar-refractivity contribution in [3.05, 3.63) is 59.7 Å². The van der Waals surface area contributed by atoms with Crippen molar-refractivity contribution in [2.24, 2.45) is 5.92 Å². The van der Waals surface area contributed by atoms with Crippen molar-refractivity contribution in [2.45, 2.75) is 39.5 Å². The summed E-state index contributed by atoms with van der Waals surface area (Å²) in [5, 5.41) is 2.86. The number of nitrogens with one attached hydrogen (secondary N) is 1. The summed E-state index contributed by atoms with van der Waals surface area (Å²) >= 11 is 0. The third-order valence-electron chi connectivity index (χ3n) is 5.43. The molecule has 0 aromatic heterocycles. The molecule has 1 N–H and O–H groups in total. The summed E-state index contributed by atoms with van der Waals surface area (Å²) in [4.78, 5) is 38.4. The minimum absolute atomic E-state index is 0.0186. The molecule has 0 bridgehead atoms. The van der Waals surface area contributed by atoms with E-state index in [0.29, 0.717) is 23.7 Å². The minimum Gasteiger partial charge on any atom is -0.326 e. The van der Waals surface area contributed by atoms with Crippen LogP contribution >= 0.6 is 0 Å². The Morgan fingerprint density at radius 3 is 2.46 bits per heavy atom. The number of benzene rings is 2. The summed E-state index contributed by atoms with van der Waals surface area (Å²) in [6.45, 7) is 6.16. The number of hydrogen-bond donors (Lipinski definition) is 1. The van der Waals surface area contributed by atoms with Crippen molar-refractivity contribution in [2.75, 3.05) is 16.8 Å². The standard InChI is InChI=1S/C23H26N2O3/c1-4-15(2)20-7-5-6-8-21(20)25-14-18(13-22(25)27)23(28)24-19-11-9-17(10-12-19)16(3)26/h5-12,15,18H,4,13-14H2,1-3H3,(H,24,28)/t15-,18-/m1/s1. The molecule has 2 aromatic carbocycles. The van der Waals surface area contributed by atoms with E-state index in [1.165, 1.54) is 6.92 Å². The zero-order valence-electron chi connectivity index (χ0n) is 16.6. The lowest BCUT2D eigenvalue weighted by molar-refractivity contribution is -0.122. The third-order valence-corrected chi connectivity index (χ3v) is 5.43. The molecular formula is C23H26N2O3. The number of carbonyl (C=O) groups is 3. The number of para-hydroxylation sites is 1. The van der Waals surface area contributed by atoms with Gasteiger partial charge in [-0.05, 0) is 55.2 Å². The van der Waals surface area contributed by atoms with E-state index in [1.54, 1.807) is 29.2 Å². The largest absolute Gasteiger partial charge is 0.326 e. The highest BCUT2D eigenvalue weighted by Gasteiger charge is 2.36. The lowest BCUT2D eigenvalue weighted by atomic mass is 9.96. The van der Waals surface area contributed by atoms with Gasteiger partial charge in [-0.2, -0.15) is 0 Å². The van der Waals surface area contributed by atoms with Crippen molar-refractivity contribution in [3.8, 4) is 0 Å². The molecule has 146 valence electrons. The molecule has 1 aliphatic heterocycles. The fourth-order valence-electron chi connectivity index (χ4n) is 3.52. The van der Waals surface area contributed by atoms with E-state index in [-0.39, 0.29) is 24.0 Å². The van der Waals surface area contributed by atoms with Crippen molar-refractivity contribution >= 4 is 29.0 Å². The van der Waals surface area contributed by atoms with E-state index in [1.807, 2.05) is 18.2 Å². The number of rotatable bonds is 6. The molecule has 2 aromatic rings. The molecule has 0 saturated carbocycles. The number of anilines is 2. The number of nitrogens with zero attached hydrogens (tertiary/aromatic N) is 1. The Labute approximate surface area is 165 Å². The topological polar surface area (TPSA) is 66.5 Å². The van der Waals surface area contributed by atoms with Gasteiger partial charge in [-0.15, -0.1) is 0 Å². The van der Waals surface area contributed by atoms with Gasteiger partial charge in [-0.1, -0.05) is 32.0 Å². The fourth-order valence-corrected chi connectivity index (χ4v) is 3.52. The molecule has 1 saturated heterocycles. The second kappa shape index (κ2) is 8.38. The van der Waals surface area contributed by atoms with E-state index < -0.39 is 5.92 Å². The zero-order chi connectivity index (χ0) is 20.3. The van der Waals surface area contributed by atoms with Gasteiger partial charge in [0.2, 0.25) is 11.8 Å². The lowest BCUT2D eigenvalue weighted by Crippen LogP contribution is -2.29. The van der Waals surface area contributed by atoms with Gasteiger partial charge >= 0.3 is 0 Å². The molecule has 28 heavy (non-hydrogen) atoms. The molecule has 1 fully saturated rings. The van der Waals surface area contributed by atoms with Crippen molar-refractivity contribution in [3.63, 3.8) is 0 Å². The van der Waals surface area contributed by atoms with Gasteiger partial charge in [0.05, 0.1) is 5.92 Å². The van der Waals surface area contributed by atoms with Crippen LogP contribution in [0.5, 0.6) is 0 Å². The molecule has 0 unspecified atom stereocenters. The first-order chi connectivity index (χ1) is 13.4. The SMILES string of the molecule is CC[C@@H](C)c1ccccc1N1C[C@H](C(=O)Nc2ccc(C(C)=O)cc2)CC1=O. The maximum absolute atomic E-state index is 12.7. The molecular weight excluding hydrogens is 352 g/mol. The van der Waals surface area contributed by atoms with E-state index in [0.717, 1.165) is 17.7 Å². The van der Waals surface area contributed by atoms with Crippen LogP contribution in [0, 0.1) is 5.92 Å². The molecule has 0 spiro atoms. The second-order valence-electron chi connectivity index (χ2n) is 7.40. The summed E-state index contributed by atoms with van der Waals surface area (Å²) < 4.78 is 0. The molecule has 2 atom stereocenters. The van der Waals surface area contributed by atoms with Gasteiger partial charge in [0.25, 0.3) is 0 Å². The highest BCUT2D eigenvalue weighted by atomic mass is 16.2. The minimum atomic E-state index is -0.398. The van der Waals surface area contributed by atoms with Crippen LogP contribution in [-0.4, -0.2) is 24.1 Å². The van der Waals surface area contributed by atoms with Gasteiger partial charge in [0.15, 0.2) is 5.78 Å². The number of amides is 2. The van der Waals surface area contributed by atoms with Crippen molar-refractivity contribution in [1.82, 2.24) is 0 Å². The van der Waals surface area contributed by atoms with E-state index in [2.05, 4.69) is 25.2 Å². The van der Waals surface area contributed by atoms with E-state index in [4.69, 9.17) is 0 Å². The van der Waals surface area contributed by atoms with E-state index in [9.17, 15) is 14.4 Å². The van der Waals surface area contributed by atoms with Gasteiger partial charge in [-0.3, -0.25) is 14.4 Å². The summed E-state index contributed by atoms with van der Waals surface area (Å²) in [6, 6.07) is 14.7. The third kappa shape index (κ3) is 4.14. The second-order valence-corrected chi connectivity index (χ2v) is 7.40. The number of ketones is 1. The van der Waals surface area contributed by atoms with Gasteiger partial charge < -0.3 is 10.2 Å². The Balaban J connectivity index is 1.72. The fraction of sp³-hybridized carbons (Fsp3) is 0.348. The first-order valence-corrected chi connectivity index (χ1v) is 9.71. The highest BCUT2D eigenvalue weighted by molar-refractivity contribution is 6.04. The lowest BCUT2D eigenvalue weighted by Gasteiger charge is -2.23. The van der Waals surface area contributed by atoms with Gasteiger partial charge in [0, 0.05) is 29.9 Å². The van der Waals surface area contributed by atoms with Crippen LogP contribution in [0.4, 0.5) is 11.4 Å². The van der Waals surface area contributed by atoms with Crippen molar-refractivity contribution in [1.29, 1.82) is 0 Å². The molecule has 0 radical (unpaired) electrons. The highest BCUT2D eigenvalue weighted by Crippen LogP contribution is 2.33. The quantitative estimate of drug-likeness (QED) is 0.758. The summed E-state index contributed by atoms with van der Waals surface area (Å²) in [6.07, 6.45) is 1.19. The van der Waals surface area contributed by atoms with Gasteiger partial charge in [0.1, 0.15) is 0 Å². The molecule has 1 aliphatic rings. The summed E-state index contributed by atoms with van der Waals surface area (Å²) in [5.74, 6) is -0.271. The van der Waals surface area contributed by atoms with Crippen molar-refractivity contribution < 1.29 is 14.4 Å². The van der Waals surface area contributed by atoms with Crippen LogP contribution in [0.3, 0.4) is 0 Å². The number of Topliss-reactive ketones (excluding diaryl/α,β-unsaturated/α-hetero) is 1. The normalized spacial score (nSPS) is 17.5. The molecule has 5 heteroatoms. The predicted molar refractivity (Wildman–Crippen MR) is 111 cm³/mol. The molecule has 0 aliphatic carbocycles. The summed E-state index contributed by atoms with van der Waals surface area (Å²) in [7, 11) is 0. The van der Waals surface area contributed by atoms with Crippen LogP contribution in [0.2, 0.25) is 0 Å². The average molecular weight is 378 g/mol. The Hall–Kier alpha value is -2.95. The Kier molecular flexibility index (Phi) is 5.93. The van der Waals surface area contributed by atoms with Crippen LogP contribution in [0.15, 0.2) is 48.5 Å². The first kappa shape index (κ1) is 19.8. The zero-order valence-corrected chi connectivity index (χ0v) is 16.6. The molecule has 3 rings (SSSR count). The Bertz CT molecular complexity index is 889. The number of carbonyl (C=O) groups excluding carboxylic acids is 3. The van der Waals surface area contributed by atoms with Crippen LogP contribution < -0.4 is 10.2 Å². The van der Waals surface area contributed by atoms with E-state index >= 15 is 0 Å². The van der Waals surface area contributed by atoms with Crippen LogP contribution in [0.1, 0.15) is 55.5 Å². The van der Waals surface area contributed by atoms with Crippen LogP contribution in [0.25, 0.3) is 0 Å². The first-order valence-electron chi connectivity index (χ1n) is 9.71. The van der Waals surface area contributed by atoms with Crippen LogP contribution in [-0.2, 0) is 9.59 Å². The molecule has 1 heterocycles. The van der Waals surface area contributed by atoms with Gasteiger partial charge in [-0.25, -0.2) is 0 Å². The Morgan fingerprint density at radius 1 is 1.14 bits per heavy atom. The maximum Gasteiger partial charge on any atom is 0.229 e. The average Bonchev–Trinajstić information content (AvgIpc) is 3.09. The molecule has 2 amide bonds. The number of hydrogen-bond acceptors (Lipinski definition) is 3. The smallest absolute Gasteiger partial charge is 0.229 e. The summed E-state index contributed by atoms with van der Waals surface area (Å²) in [5.41, 5.74) is 3.27.